The standard InChI is InChI=1S/C70H60N4/c1-67(2,3)37-21-23-58-44(25-37)51-28-40(70(10,11)12)30-53-48-34-61-49(35-60(48)72(58)65(51)53)55-32-41(71-56-19-15-13-17-42(56)43-18-14-16-20-57(43)71)31-54-47-33-46-52-29-39(69(7,8)9)27-50-45-26-38(68(4,5)6)22-24-59(45)73(64(50)52)62(46)36-63(47)74(61)66(54)55/h13-36H,1-12H3. The molecule has 7 aromatic heterocycles. The zero-order chi connectivity index (χ0) is 50.6. The van der Waals surface area contributed by atoms with Gasteiger partial charge in [-0.1, -0.05) is 132 Å². The molecule has 360 valence electrons. The van der Waals surface area contributed by atoms with Gasteiger partial charge in [-0.2, -0.15) is 0 Å². The maximum Gasteiger partial charge on any atom is 0.0622 e. The number of para-hydroxylation sites is 2. The molecule has 74 heavy (non-hydrogen) atoms. The summed E-state index contributed by atoms with van der Waals surface area (Å²) in [6.45, 7) is 28.1. The molecule has 0 unspecified atom stereocenters. The third-order valence-electron chi connectivity index (χ3n) is 17.7. The van der Waals surface area contributed by atoms with Crippen molar-refractivity contribution < 1.29 is 0 Å². The zero-order valence-corrected chi connectivity index (χ0v) is 44.6. The Hall–Kier alpha value is -7.82. The van der Waals surface area contributed by atoms with Crippen LogP contribution in [-0.4, -0.2) is 17.8 Å². The molecule has 4 nitrogen and oxygen atoms in total. The molecule has 4 heteroatoms. The van der Waals surface area contributed by atoms with Crippen molar-refractivity contribution >= 4 is 136 Å². The molecule has 0 aliphatic heterocycles. The van der Waals surface area contributed by atoms with E-state index in [0.717, 1.165) is 0 Å². The maximum atomic E-state index is 2.64. The van der Waals surface area contributed by atoms with Crippen LogP contribution < -0.4 is 0 Å². The van der Waals surface area contributed by atoms with Crippen LogP contribution in [0.15, 0.2) is 146 Å². The molecule has 0 fully saturated rings. The first-order chi connectivity index (χ1) is 35.2. The van der Waals surface area contributed by atoms with E-state index in [0.29, 0.717) is 0 Å². The lowest BCUT2D eigenvalue weighted by Gasteiger charge is -2.20. The summed E-state index contributed by atoms with van der Waals surface area (Å²) in [7, 11) is 0. The highest BCUT2D eigenvalue weighted by Gasteiger charge is 2.30. The van der Waals surface area contributed by atoms with Crippen molar-refractivity contribution in [3.05, 3.63) is 168 Å². The van der Waals surface area contributed by atoms with Crippen LogP contribution in [0, 0.1) is 0 Å². The fourth-order valence-corrected chi connectivity index (χ4v) is 13.7. The molecule has 0 aliphatic rings. The van der Waals surface area contributed by atoms with Gasteiger partial charge in [0.1, 0.15) is 0 Å². The van der Waals surface area contributed by atoms with Crippen molar-refractivity contribution in [3.8, 4) is 5.69 Å². The van der Waals surface area contributed by atoms with E-state index >= 15 is 0 Å². The van der Waals surface area contributed by atoms with Gasteiger partial charge in [0, 0.05) is 81.1 Å². The summed E-state index contributed by atoms with van der Waals surface area (Å²) < 4.78 is 10.3. The first kappa shape index (κ1) is 42.7. The van der Waals surface area contributed by atoms with Gasteiger partial charge in [-0.25, -0.2) is 0 Å². The van der Waals surface area contributed by atoms with E-state index in [1.54, 1.807) is 0 Å². The largest absolute Gasteiger partial charge is 0.309 e. The summed E-state index contributed by atoms with van der Waals surface area (Å²) in [4.78, 5) is 0. The first-order valence-electron chi connectivity index (χ1n) is 26.8. The lowest BCUT2D eigenvalue weighted by molar-refractivity contribution is 0.590. The van der Waals surface area contributed by atoms with Gasteiger partial charge in [-0.05, 0) is 141 Å². The van der Waals surface area contributed by atoms with Crippen molar-refractivity contribution in [3.63, 3.8) is 0 Å². The van der Waals surface area contributed by atoms with Gasteiger partial charge in [0.2, 0.25) is 0 Å². The third-order valence-corrected chi connectivity index (χ3v) is 17.7. The summed E-state index contributed by atoms with van der Waals surface area (Å²) in [5.41, 5.74) is 20.6. The van der Waals surface area contributed by atoms with E-state index in [2.05, 4.69) is 246 Å². The molecule has 0 saturated heterocycles. The van der Waals surface area contributed by atoms with Crippen LogP contribution in [0.3, 0.4) is 0 Å². The second kappa shape index (κ2) is 13.3. The Kier molecular flexibility index (Phi) is 7.66. The molecule has 0 aliphatic carbocycles. The van der Waals surface area contributed by atoms with Crippen molar-refractivity contribution in [2.24, 2.45) is 0 Å². The smallest absolute Gasteiger partial charge is 0.0622 e. The van der Waals surface area contributed by atoms with E-state index < -0.39 is 0 Å². The SMILES string of the molecule is CC(C)(C)c1ccc2c(c1)c1cc(C(C)(C)C)cc3c4cc5c(cc4n2c13)c1cc(-n2c3ccccc3c3ccccc32)cc2c3cc4c6cc(C(C)(C)C)cc7c8cc(C(C)(C)C)ccc8n(c4cc3n5c12)c76. The van der Waals surface area contributed by atoms with Crippen LogP contribution in [0.1, 0.15) is 105 Å². The summed E-state index contributed by atoms with van der Waals surface area (Å²) >= 11 is 0. The minimum absolute atomic E-state index is 0.0267. The molecule has 0 radical (unpaired) electrons. The van der Waals surface area contributed by atoms with Gasteiger partial charge >= 0.3 is 0 Å². The fraction of sp³-hybridized carbons (Fsp3) is 0.229. The van der Waals surface area contributed by atoms with E-state index in [9.17, 15) is 0 Å². The van der Waals surface area contributed by atoms with E-state index in [-0.39, 0.29) is 21.7 Å². The summed E-state index contributed by atoms with van der Waals surface area (Å²) in [6.07, 6.45) is 0. The highest BCUT2D eigenvalue weighted by atomic mass is 15.0. The topological polar surface area (TPSA) is 18.2 Å². The average Bonchev–Trinajstić information content (AvgIpc) is 4.26. The molecule has 0 spiro atoms. The third kappa shape index (κ3) is 5.28. The summed E-state index contributed by atoms with van der Waals surface area (Å²) in [5.74, 6) is 0. The highest BCUT2D eigenvalue weighted by molar-refractivity contribution is 6.32. The predicted molar refractivity (Wildman–Crippen MR) is 320 cm³/mol. The molecular weight excluding hydrogens is 897 g/mol. The number of nitrogens with zero attached hydrogens (tertiary/aromatic N) is 4. The van der Waals surface area contributed by atoms with Crippen LogP contribution in [0.25, 0.3) is 142 Å². The van der Waals surface area contributed by atoms with E-state index in [1.165, 1.54) is 164 Å². The van der Waals surface area contributed by atoms with Crippen molar-refractivity contribution in [1.29, 1.82) is 0 Å². The molecule has 0 saturated carbocycles. The van der Waals surface area contributed by atoms with Crippen LogP contribution in [0.5, 0.6) is 0 Å². The van der Waals surface area contributed by atoms with Gasteiger partial charge in [0.05, 0.1) is 60.7 Å². The predicted octanol–water partition coefficient (Wildman–Crippen LogP) is 19.4. The molecule has 7 heterocycles. The lowest BCUT2D eigenvalue weighted by atomic mass is 9.84. The normalized spacial score (nSPS) is 13.9. The molecular formula is C70H60N4. The van der Waals surface area contributed by atoms with Crippen LogP contribution >= 0.6 is 0 Å². The Labute approximate surface area is 430 Å². The minimum atomic E-state index is -0.0313. The molecule has 0 amide bonds. The van der Waals surface area contributed by atoms with Crippen LogP contribution in [-0.2, 0) is 21.7 Å². The quantitative estimate of drug-likeness (QED) is 0.156. The first-order valence-corrected chi connectivity index (χ1v) is 26.8. The van der Waals surface area contributed by atoms with Gasteiger partial charge in [0.25, 0.3) is 0 Å². The lowest BCUT2D eigenvalue weighted by Crippen LogP contribution is -2.11. The summed E-state index contributed by atoms with van der Waals surface area (Å²) in [6, 6.07) is 57.6. The molecule has 0 bridgehead atoms. The number of hydrogen-bond donors (Lipinski definition) is 0. The highest BCUT2D eigenvalue weighted by Crippen LogP contribution is 2.50. The van der Waals surface area contributed by atoms with Gasteiger partial charge in [-0.15, -0.1) is 0 Å². The second-order valence-electron chi connectivity index (χ2n) is 26.3. The Morgan fingerprint density at radius 2 is 0.541 bits per heavy atom. The number of rotatable bonds is 1. The monoisotopic (exact) mass is 956 g/mol. The Morgan fingerprint density at radius 1 is 0.230 bits per heavy atom. The minimum Gasteiger partial charge on any atom is -0.309 e. The number of benzene rings is 9. The molecule has 16 rings (SSSR count). The van der Waals surface area contributed by atoms with Gasteiger partial charge in [-0.3, -0.25) is 0 Å². The fourth-order valence-electron chi connectivity index (χ4n) is 13.7. The second-order valence-corrected chi connectivity index (χ2v) is 26.3. The van der Waals surface area contributed by atoms with Gasteiger partial charge in [0.15, 0.2) is 0 Å². The van der Waals surface area contributed by atoms with Crippen LogP contribution in [0.4, 0.5) is 0 Å². The Bertz CT molecular complexity index is 5090. The number of hydrogen-bond acceptors (Lipinski definition) is 0. The molecule has 0 atom stereocenters. The van der Waals surface area contributed by atoms with E-state index in [1.807, 2.05) is 0 Å². The number of aromatic nitrogens is 4. The van der Waals surface area contributed by atoms with Gasteiger partial charge < -0.3 is 17.8 Å². The average molecular weight is 957 g/mol. The van der Waals surface area contributed by atoms with Crippen molar-refractivity contribution in [2.45, 2.75) is 105 Å². The van der Waals surface area contributed by atoms with Crippen molar-refractivity contribution in [1.82, 2.24) is 17.8 Å². The van der Waals surface area contributed by atoms with Crippen LogP contribution in [0.2, 0.25) is 0 Å². The zero-order valence-electron chi connectivity index (χ0n) is 44.6. The molecule has 9 aromatic carbocycles. The van der Waals surface area contributed by atoms with Crippen molar-refractivity contribution in [2.75, 3.05) is 0 Å². The summed E-state index contributed by atoms with van der Waals surface area (Å²) in [5, 5.41) is 18.3. The Morgan fingerprint density at radius 3 is 0.932 bits per heavy atom. The van der Waals surface area contributed by atoms with E-state index in [4.69, 9.17) is 0 Å². The Balaban J connectivity index is 1.11. The molecule has 0 N–H and O–H groups in total. The number of fused-ring (bicyclic) bond motifs is 21. The maximum absolute atomic E-state index is 2.64. The molecule has 16 aromatic rings.